The average molecular weight is 256 g/mol. The fraction of sp³-hybridized carbons (Fsp3) is 0.267. The highest BCUT2D eigenvalue weighted by Gasteiger charge is 2.19. The number of likely N-dealkylation sites (N-methyl/N-ethyl adjacent to an activating group) is 1. The molecule has 4 heteroatoms. The Kier molecular flexibility index (Phi) is 3.33. The summed E-state index contributed by atoms with van der Waals surface area (Å²) >= 11 is 0. The topological polar surface area (TPSA) is 43.4 Å². The highest BCUT2D eigenvalue weighted by atomic mass is 16.7. The Morgan fingerprint density at radius 1 is 1.21 bits per heavy atom. The molecule has 1 unspecified atom stereocenters. The van der Waals surface area contributed by atoms with Crippen LogP contribution in [0.25, 0.3) is 0 Å². The molecule has 0 radical (unpaired) electrons. The average Bonchev–Trinajstić information content (AvgIpc) is 2.93. The molecule has 0 fully saturated rings. The zero-order valence-corrected chi connectivity index (χ0v) is 10.8. The maximum Gasteiger partial charge on any atom is 0.231 e. The van der Waals surface area contributed by atoms with Crippen molar-refractivity contribution in [3.8, 4) is 11.5 Å². The van der Waals surface area contributed by atoms with Crippen molar-refractivity contribution in [2.45, 2.75) is 5.92 Å². The van der Waals surface area contributed by atoms with E-state index in [1.807, 2.05) is 43.6 Å². The maximum atomic E-state index is 5.44. The number of hydrogen-bond acceptors (Lipinski definition) is 4. The fourth-order valence-corrected chi connectivity index (χ4v) is 2.31. The van der Waals surface area contributed by atoms with E-state index in [0.717, 1.165) is 23.7 Å². The van der Waals surface area contributed by atoms with Crippen LogP contribution in [-0.4, -0.2) is 25.4 Å². The van der Waals surface area contributed by atoms with E-state index in [2.05, 4.69) is 16.4 Å². The first-order chi connectivity index (χ1) is 9.38. The van der Waals surface area contributed by atoms with E-state index in [0.29, 0.717) is 6.79 Å². The number of aromatic nitrogens is 1. The minimum atomic E-state index is 0.209. The van der Waals surface area contributed by atoms with Crippen LogP contribution in [0.3, 0.4) is 0 Å². The molecule has 4 nitrogen and oxygen atoms in total. The van der Waals surface area contributed by atoms with Gasteiger partial charge in [0.2, 0.25) is 6.79 Å². The number of pyridine rings is 1. The monoisotopic (exact) mass is 256 g/mol. The second-order valence-electron chi connectivity index (χ2n) is 4.48. The summed E-state index contributed by atoms with van der Waals surface area (Å²) in [6.07, 6.45) is 1.82. The number of fused-ring (bicyclic) bond motifs is 1. The zero-order chi connectivity index (χ0) is 13.1. The van der Waals surface area contributed by atoms with Crippen LogP contribution >= 0.6 is 0 Å². The van der Waals surface area contributed by atoms with Gasteiger partial charge in [0.25, 0.3) is 0 Å². The first-order valence-electron chi connectivity index (χ1n) is 6.33. The largest absolute Gasteiger partial charge is 0.454 e. The van der Waals surface area contributed by atoms with Gasteiger partial charge in [-0.05, 0) is 36.9 Å². The summed E-state index contributed by atoms with van der Waals surface area (Å²) in [7, 11) is 1.95. The molecule has 1 N–H and O–H groups in total. The number of ether oxygens (including phenoxy) is 2. The second-order valence-corrected chi connectivity index (χ2v) is 4.48. The highest BCUT2D eigenvalue weighted by Crippen LogP contribution is 2.35. The van der Waals surface area contributed by atoms with E-state index in [9.17, 15) is 0 Å². The van der Waals surface area contributed by atoms with Crippen molar-refractivity contribution in [1.82, 2.24) is 10.3 Å². The van der Waals surface area contributed by atoms with Gasteiger partial charge in [0.15, 0.2) is 11.5 Å². The maximum absolute atomic E-state index is 5.44. The lowest BCUT2D eigenvalue weighted by molar-refractivity contribution is 0.174. The molecule has 0 spiro atoms. The van der Waals surface area contributed by atoms with E-state index in [-0.39, 0.29) is 5.92 Å². The zero-order valence-electron chi connectivity index (χ0n) is 10.8. The van der Waals surface area contributed by atoms with Crippen LogP contribution in [-0.2, 0) is 0 Å². The van der Waals surface area contributed by atoms with E-state index in [1.54, 1.807) is 0 Å². The van der Waals surface area contributed by atoms with Crippen LogP contribution in [0.15, 0.2) is 42.6 Å². The third-order valence-electron chi connectivity index (χ3n) is 3.25. The number of rotatable bonds is 4. The molecule has 2 heterocycles. The Labute approximate surface area is 112 Å². The summed E-state index contributed by atoms with van der Waals surface area (Å²) in [6.45, 7) is 1.13. The van der Waals surface area contributed by atoms with E-state index >= 15 is 0 Å². The molecule has 0 saturated heterocycles. The minimum absolute atomic E-state index is 0.209. The Morgan fingerprint density at radius 2 is 2.11 bits per heavy atom. The van der Waals surface area contributed by atoms with Crippen LogP contribution in [0.5, 0.6) is 11.5 Å². The molecule has 2 aromatic rings. The van der Waals surface area contributed by atoms with Crippen LogP contribution < -0.4 is 14.8 Å². The molecule has 1 aliphatic heterocycles. The lowest BCUT2D eigenvalue weighted by Gasteiger charge is -2.16. The smallest absolute Gasteiger partial charge is 0.231 e. The number of hydrogen-bond donors (Lipinski definition) is 1. The summed E-state index contributed by atoms with van der Waals surface area (Å²) in [4.78, 5) is 4.46. The molecule has 1 aromatic carbocycles. The van der Waals surface area contributed by atoms with Gasteiger partial charge in [-0.3, -0.25) is 4.98 Å². The third-order valence-corrected chi connectivity index (χ3v) is 3.25. The predicted octanol–water partition coefficient (Wildman–Crippen LogP) is 2.16. The first-order valence-corrected chi connectivity index (χ1v) is 6.33. The highest BCUT2D eigenvalue weighted by molar-refractivity contribution is 5.46. The predicted molar refractivity (Wildman–Crippen MR) is 72.6 cm³/mol. The number of nitrogens with one attached hydrogen (secondary N) is 1. The standard InChI is InChI=1S/C15H16N2O2/c1-16-9-12(13-4-2-3-7-17-13)11-5-6-14-15(8-11)19-10-18-14/h2-8,12,16H,9-10H2,1H3. The van der Waals surface area contributed by atoms with Crippen LogP contribution in [0, 0.1) is 0 Å². The molecule has 3 rings (SSSR count). The lowest BCUT2D eigenvalue weighted by atomic mass is 9.94. The molecule has 98 valence electrons. The molecule has 0 saturated carbocycles. The first kappa shape index (κ1) is 12.0. The van der Waals surface area contributed by atoms with Crippen molar-refractivity contribution in [3.05, 3.63) is 53.9 Å². The van der Waals surface area contributed by atoms with Crippen LogP contribution in [0.1, 0.15) is 17.2 Å². The Bertz CT molecular complexity index is 557. The molecule has 0 aliphatic carbocycles. The van der Waals surface area contributed by atoms with Gasteiger partial charge in [-0.1, -0.05) is 12.1 Å². The van der Waals surface area contributed by atoms with E-state index in [1.165, 1.54) is 5.56 Å². The number of benzene rings is 1. The van der Waals surface area contributed by atoms with Crippen LogP contribution in [0.4, 0.5) is 0 Å². The van der Waals surface area contributed by atoms with Gasteiger partial charge in [0.05, 0.1) is 0 Å². The molecular weight excluding hydrogens is 240 g/mol. The summed E-state index contributed by atoms with van der Waals surface area (Å²) in [5.41, 5.74) is 2.23. The van der Waals surface area contributed by atoms with Crippen molar-refractivity contribution in [3.63, 3.8) is 0 Å². The molecule has 1 aliphatic rings. The van der Waals surface area contributed by atoms with Gasteiger partial charge in [0.1, 0.15) is 0 Å². The molecule has 0 amide bonds. The third kappa shape index (κ3) is 2.39. The van der Waals surface area contributed by atoms with Gasteiger partial charge in [-0.15, -0.1) is 0 Å². The van der Waals surface area contributed by atoms with E-state index < -0.39 is 0 Å². The minimum Gasteiger partial charge on any atom is -0.454 e. The Morgan fingerprint density at radius 3 is 2.89 bits per heavy atom. The summed E-state index contributed by atoms with van der Waals surface area (Å²) in [5, 5.41) is 3.22. The molecule has 0 bridgehead atoms. The molecular formula is C15H16N2O2. The fourth-order valence-electron chi connectivity index (χ4n) is 2.31. The summed E-state index contributed by atoms with van der Waals surface area (Å²) < 4.78 is 10.8. The van der Waals surface area contributed by atoms with Crippen molar-refractivity contribution >= 4 is 0 Å². The second kappa shape index (κ2) is 5.28. The van der Waals surface area contributed by atoms with Crippen LogP contribution in [0.2, 0.25) is 0 Å². The van der Waals surface area contributed by atoms with Crippen molar-refractivity contribution in [2.75, 3.05) is 20.4 Å². The Balaban J connectivity index is 1.96. The molecule has 1 atom stereocenters. The van der Waals surface area contributed by atoms with Gasteiger partial charge in [-0.25, -0.2) is 0 Å². The quantitative estimate of drug-likeness (QED) is 0.910. The number of nitrogens with zero attached hydrogens (tertiary/aromatic N) is 1. The molecule has 1 aromatic heterocycles. The Hall–Kier alpha value is -2.07. The van der Waals surface area contributed by atoms with Gasteiger partial charge in [0, 0.05) is 24.4 Å². The lowest BCUT2D eigenvalue weighted by Crippen LogP contribution is -2.19. The summed E-state index contributed by atoms with van der Waals surface area (Å²) in [5.74, 6) is 1.84. The van der Waals surface area contributed by atoms with Gasteiger partial charge < -0.3 is 14.8 Å². The normalized spacial score (nSPS) is 14.4. The van der Waals surface area contributed by atoms with Crippen molar-refractivity contribution < 1.29 is 9.47 Å². The van der Waals surface area contributed by atoms with Crippen molar-refractivity contribution in [1.29, 1.82) is 0 Å². The van der Waals surface area contributed by atoms with E-state index in [4.69, 9.17) is 9.47 Å². The van der Waals surface area contributed by atoms with Crippen molar-refractivity contribution in [2.24, 2.45) is 0 Å². The molecule has 19 heavy (non-hydrogen) atoms. The summed E-state index contributed by atoms with van der Waals surface area (Å²) in [6, 6.07) is 12.1. The SMILES string of the molecule is CNCC(c1ccc2c(c1)OCO2)c1ccccn1. The van der Waals surface area contributed by atoms with Gasteiger partial charge in [-0.2, -0.15) is 0 Å². The van der Waals surface area contributed by atoms with Gasteiger partial charge >= 0.3 is 0 Å².